The molecular weight excluding hydrogens is 354 g/mol. The van der Waals surface area contributed by atoms with Gasteiger partial charge in [-0.15, -0.1) is 0 Å². The van der Waals surface area contributed by atoms with Gasteiger partial charge in [0.1, 0.15) is 17.5 Å². The second-order valence-electron chi connectivity index (χ2n) is 6.30. The Labute approximate surface area is 155 Å². The van der Waals surface area contributed by atoms with Crippen LogP contribution in [0.3, 0.4) is 0 Å². The lowest BCUT2D eigenvalue weighted by atomic mass is 10.2. The van der Waals surface area contributed by atoms with Crippen LogP contribution in [0.4, 0.5) is 14.6 Å². The van der Waals surface area contributed by atoms with E-state index < -0.39 is 23.4 Å². The van der Waals surface area contributed by atoms with Crippen LogP contribution in [0.2, 0.25) is 0 Å². The van der Waals surface area contributed by atoms with E-state index in [1.165, 1.54) is 0 Å². The summed E-state index contributed by atoms with van der Waals surface area (Å²) in [7, 11) is 0. The van der Waals surface area contributed by atoms with E-state index in [0.29, 0.717) is 12.6 Å². The molecule has 2 heterocycles. The summed E-state index contributed by atoms with van der Waals surface area (Å²) in [6.45, 7) is 1.95. The van der Waals surface area contributed by atoms with Crippen molar-refractivity contribution in [3.63, 3.8) is 0 Å². The highest BCUT2D eigenvalue weighted by Gasteiger charge is 2.15. The first-order valence-corrected chi connectivity index (χ1v) is 8.73. The molecule has 0 atom stereocenters. The molecule has 2 N–H and O–H groups in total. The van der Waals surface area contributed by atoms with E-state index in [1.54, 1.807) is 6.20 Å². The summed E-state index contributed by atoms with van der Waals surface area (Å²) >= 11 is 0. The summed E-state index contributed by atoms with van der Waals surface area (Å²) in [6, 6.07) is 6.38. The van der Waals surface area contributed by atoms with Crippen molar-refractivity contribution in [3.05, 3.63) is 59.3 Å². The van der Waals surface area contributed by atoms with Crippen LogP contribution < -0.4 is 15.5 Å². The highest BCUT2D eigenvalue weighted by atomic mass is 19.1. The van der Waals surface area contributed by atoms with Gasteiger partial charge < -0.3 is 15.5 Å². The zero-order valence-electron chi connectivity index (χ0n) is 14.7. The molecule has 0 bridgehead atoms. The smallest absolute Gasteiger partial charge is 0.254 e. The Morgan fingerprint density at radius 1 is 1.07 bits per heavy atom. The predicted octanol–water partition coefficient (Wildman–Crippen LogP) is 2.01. The summed E-state index contributed by atoms with van der Waals surface area (Å²) in [6.07, 6.45) is 4.00. The molecule has 0 aliphatic carbocycles. The molecule has 1 saturated heterocycles. The van der Waals surface area contributed by atoms with Gasteiger partial charge in [0, 0.05) is 31.9 Å². The second kappa shape index (κ2) is 8.57. The van der Waals surface area contributed by atoms with Gasteiger partial charge in [-0.2, -0.15) is 0 Å². The summed E-state index contributed by atoms with van der Waals surface area (Å²) in [4.78, 5) is 30.4. The molecule has 6 nitrogen and oxygen atoms in total. The number of carbonyl (C=O) groups excluding carboxylic acids is 2. The third kappa shape index (κ3) is 4.99. The Morgan fingerprint density at radius 2 is 1.85 bits per heavy atom. The number of nitrogens with zero attached hydrogens (tertiary/aromatic N) is 2. The molecular formula is C19H20F2N4O2. The average Bonchev–Trinajstić information content (AvgIpc) is 3.19. The van der Waals surface area contributed by atoms with Crippen LogP contribution in [-0.4, -0.2) is 36.4 Å². The van der Waals surface area contributed by atoms with Gasteiger partial charge in [0.25, 0.3) is 5.91 Å². The van der Waals surface area contributed by atoms with Crippen molar-refractivity contribution in [3.8, 4) is 0 Å². The quantitative estimate of drug-likeness (QED) is 0.811. The Balaban J connectivity index is 1.48. The largest absolute Gasteiger partial charge is 0.357 e. The van der Waals surface area contributed by atoms with E-state index in [1.807, 2.05) is 12.1 Å². The first-order chi connectivity index (χ1) is 13.0. The fourth-order valence-electron chi connectivity index (χ4n) is 2.88. The van der Waals surface area contributed by atoms with Gasteiger partial charge in [0.05, 0.1) is 12.1 Å². The monoisotopic (exact) mass is 374 g/mol. The van der Waals surface area contributed by atoms with Crippen molar-refractivity contribution in [1.82, 2.24) is 15.6 Å². The third-order valence-corrected chi connectivity index (χ3v) is 4.31. The predicted molar refractivity (Wildman–Crippen MR) is 96.2 cm³/mol. The van der Waals surface area contributed by atoms with Crippen LogP contribution in [-0.2, 0) is 11.3 Å². The minimum atomic E-state index is -0.973. The zero-order chi connectivity index (χ0) is 19.2. The number of rotatable bonds is 6. The lowest BCUT2D eigenvalue weighted by Gasteiger charge is -2.17. The molecule has 1 aliphatic rings. The van der Waals surface area contributed by atoms with E-state index >= 15 is 0 Å². The van der Waals surface area contributed by atoms with Crippen molar-refractivity contribution in [2.45, 2.75) is 19.4 Å². The number of halogens is 2. The molecule has 27 heavy (non-hydrogen) atoms. The van der Waals surface area contributed by atoms with Crippen LogP contribution in [0.15, 0.2) is 36.5 Å². The Kier molecular flexibility index (Phi) is 5.95. The number of amides is 2. The lowest BCUT2D eigenvalue weighted by Crippen LogP contribution is -2.37. The Bertz CT molecular complexity index is 838. The molecule has 3 rings (SSSR count). The second-order valence-corrected chi connectivity index (χ2v) is 6.30. The third-order valence-electron chi connectivity index (χ3n) is 4.31. The molecule has 1 fully saturated rings. The fourth-order valence-corrected chi connectivity index (χ4v) is 2.88. The molecule has 0 spiro atoms. The van der Waals surface area contributed by atoms with Crippen molar-refractivity contribution in [2.24, 2.45) is 0 Å². The number of nitrogens with one attached hydrogen (secondary N) is 2. The van der Waals surface area contributed by atoms with Crippen LogP contribution >= 0.6 is 0 Å². The van der Waals surface area contributed by atoms with Gasteiger partial charge in [0.2, 0.25) is 5.91 Å². The summed E-state index contributed by atoms with van der Waals surface area (Å²) < 4.78 is 26.4. The summed E-state index contributed by atoms with van der Waals surface area (Å²) in [5, 5.41) is 5.01. The van der Waals surface area contributed by atoms with E-state index in [9.17, 15) is 18.4 Å². The number of benzene rings is 1. The number of anilines is 1. The first-order valence-electron chi connectivity index (χ1n) is 8.73. The maximum absolute atomic E-state index is 13.5. The van der Waals surface area contributed by atoms with E-state index in [0.717, 1.165) is 49.4 Å². The average molecular weight is 374 g/mol. The number of hydrogen-bond acceptors (Lipinski definition) is 4. The summed E-state index contributed by atoms with van der Waals surface area (Å²) in [5.74, 6) is -2.04. The van der Waals surface area contributed by atoms with Crippen LogP contribution in [0, 0.1) is 11.6 Å². The van der Waals surface area contributed by atoms with Gasteiger partial charge in [-0.1, -0.05) is 0 Å². The maximum Gasteiger partial charge on any atom is 0.254 e. The van der Waals surface area contributed by atoms with E-state index in [4.69, 9.17) is 0 Å². The molecule has 2 amide bonds. The SMILES string of the molecule is O=C(CNC(=O)c1ccc(F)cc1F)NCc1ccnc(N2CCCC2)c1. The van der Waals surface area contributed by atoms with E-state index in [-0.39, 0.29) is 12.1 Å². The van der Waals surface area contributed by atoms with Gasteiger partial charge in [-0.05, 0) is 42.7 Å². The summed E-state index contributed by atoms with van der Waals surface area (Å²) in [5.41, 5.74) is 0.588. The molecule has 0 radical (unpaired) electrons. The maximum atomic E-state index is 13.5. The molecule has 0 saturated carbocycles. The van der Waals surface area contributed by atoms with Gasteiger partial charge in [-0.25, -0.2) is 13.8 Å². The highest BCUT2D eigenvalue weighted by molar-refractivity contribution is 5.96. The van der Waals surface area contributed by atoms with Crippen molar-refractivity contribution in [1.29, 1.82) is 0 Å². The van der Waals surface area contributed by atoms with Crippen molar-refractivity contribution in [2.75, 3.05) is 24.5 Å². The van der Waals surface area contributed by atoms with Crippen molar-refractivity contribution < 1.29 is 18.4 Å². The van der Waals surface area contributed by atoms with Gasteiger partial charge in [0.15, 0.2) is 0 Å². The van der Waals surface area contributed by atoms with Gasteiger partial charge in [-0.3, -0.25) is 9.59 Å². The molecule has 8 heteroatoms. The zero-order valence-corrected chi connectivity index (χ0v) is 14.7. The van der Waals surface area contributed by atoms with Crippen LogP contribution in [0.1, 0.15) is 28.8 Å². The fraction of sp³-hybridized carbons (Fsp3) is 0.316. The normalized spacial score (nSPS) is 13.5. The molecule has 1 aliphatic heterocycles. The standard InChI is InChI=1S/C19H20F2N4O2/c20-14-3-4-15(16(21)10-14)19(27)24-12-18(26)23-11-13-5-6-22-17(9-13)25-7-1-2-8-25/h3-6,9-10H,1-2,7-8,11-12H2,(H,23,26)(H,24,27). The topological polar surface area (TPSA) is 74.3 Å². The molecule has 1 aromatic heterocycles. The number of pyridine rings is 1. The Hall–Kier alpha value is -3.03. The van der Waals surface area contributed by atoms with Crippen LogP contribution in [0.5, 0.6) is 0 Å². The molecule has 0 unspecified atom stereocenters. The van der Waals surface area contributed by atoms with Crippen LogP contribution in [0.25, 0.3) is 0 Å². The molecule has 142 valence electrons. The minimum absolute atomic E-state index is 0.295. The van der Waals surface area contributed by atoms with Crippen molar-refractivity contribution >= 4 is 17.6 Å². The van der Waals surface area contributed by atoms with Gasteiger partial charge >= 0.3 is 0 Å². The first kappa shape index (κ1) is 18.8. The number of aromatic nitrogens is 1. The van der Waals surface area contributed by atoms with E-state index in [2.05, 4.69) is 20.5 Å². The highest BCUT2D eigenvalue weighted by Crippen LogP contribution is 2.18. The number of carbonyl (C=O) groups is 2. The Morgan fingerprint density at radius 3 is 2.59 bits per heavy atom. The number of hydrogen-bond donors (Lipinski definition) is 2. The molecule has 2 aromatic rings. The lowest BCUT2D eigenvalue weighted by molar-refractivity contribution is -0.120. The molecule has 1 aromatic carbocycles. The minimum Gasteiger partial charge on any atom is -0.357 e.